The normalized spacial score (nSPS) is 12.9. The number of hydrogen-bond acceptors (Lipinski definition) is 4. The van der Waals surface area contributed by atoms with Crippen LogP contribution in [0.25, 0.3) is 0 Å². The van der Waals surface area contributed by atoms with E-state index in [-0.39, 0.29) is 18.6 Å². The fourth-order valence-electron chi connectivity index (χ4n) is 1.59. The predicted octanol–water partition coefficient (Wildman–Crippen LogP) is 2.60. The van der Waals surface area contributed by atoms with Gasteiger partial charge in [0.15, 0.2) is 17.3 Å². The molecule has 0 aliphatic carbocycles. The number of ketones is 1. The number of Topliss-reactive ketones (excluding diaryl/α,β-unsaturated/α-hetero) is 1. The largest absolute Gasteiger partial charge is 0.486 e. The van der Waals surface area contributed by atoms with E-state index in [0.717, 1.165) is 0 Å². The highest BCUT2D eigenvalue weighted by Gasteiger charge is 2.18. The van der Waals surface area contributed by atoms with Crippen LogP contribution in [0.3, 0.4) is 0 Å². The molecule has 2 rings (SSSR count). The minimum Gasteiger partial charge on any atom is -0.486 e. The van der Waals surface area contributed by atoms with E-state index >= 15 is 0 Å². The van der Waals surface area contributed by atoms with Crippen molar-refractivity contribution in [3.63, 3.8) is 0 Å². The number of halogens is 1. The molecule has 0 unspecified atom stereocenters. The summed E-state index contributed by atoms with van der Waals surface area (Å²) in [7, 11) is 0. The van der Waals surface area contributed by atoms with Crippen molar-refractivity contribution < 1.29 is 14.3 Å². The average molecular weight is 252 g/mol. The third-order valence-electron chi connectivity index (χ3n) is 2.38. The van der Waals surface area contributed by atoms with Gasteiger partial charge < -0.3 is 9.47 Å². The zero-order chi connectivity index (χ0) is 12.3. The molecule has 0 atom stereocenters. The smallest absolute Gasteiger partial charge is 0.179 e. The van der Waals surface area contributed by atoms with Crippen LogP contribution in [0.15, 0.2) is 12.1 Å². The van der Waals surface area contributed by atoms with E-state index in [2.05, 4.69) is 0 Å². The van der Waals surface area contributed by atoms with Gasteiger partial charge in [0.05, 0.1) is 11.1 Å². The molecule has 1 heterocycles. The molecule has 1 aromatic carbocycles. The molecule has 0 saturated heterocycles. The Kier molecular flexibility index (Phi) is 3.50. The average Bonchev–Trinajstić information content (AvgIpc) is 2.36. The van der Waals surface area contributed by atoms with Crippen molar-refractivity contribution in [1.29, 1.82) is 5.26 Å². The highest BCUT2D eigenvalue weighted by Crippen LogP contribution is 2.38. The van der Waals surface area contributed by atoms with Gasteiger partial charge in [0.25, 0.3) is 0 Å². The summed E-state index contributed by atoms with van der Waals surface area (Å²) in [5.41, 5.74) is 0.453. The van der Waals surface area contributed by atoms with Crippen molar-refractivity contribution >= 4 is 17.4 Å². The topological polar surface area (TPSA) is 59.3 Å². The molecule has 17 heavy (non-hydrogen) atoms. The standard InChI is InChI=1S/C12H10ClNO3/c13-9-6-8(10(15)2-1-3-14)7-11-12(9)17-5-4-16-11/h6-7H,1-2,4-5H2. The number of benzene rings is 1. The first-order valence-electron chi connectivity index (χ1n) is 5.21. The number of rotatable bonds is 3. The summed E-state index contributed by atoms with van der Waals surface area (Å²) in [6.45, 7) is 0.896. The monoisotopic (exact) mass is 251 g/mol. The van der Waals surface area contributed by atoms with Crippen LogP contribution in [0.4, 0.5) is 0 Å². The van der Waals surface area contributed by atoms with Crippen LogP contribution in [0.1, 0.15) is 23.2 Å². The summed E-state index contributed by atoms with van der Waals surface area (Å²) in [4.78, 5) is 11.7. The zero-order valence-electron chi connectivity index (χ0n) is 9.03. The maximum Gasteiger partial charge on any atom is 0.179 e. The van der Waals surface area contributed by atoms with Crippen molar-refractivity contribution in [2.45, 2.75) is 12.8 Å². The minimum atomic E-state index is -0.120. The van der Waals surface area contributed by atoms with Crippen LogP contribution >= 0.6 is 11.6 Å². The number of nitriles is 1. The molecule has 0 fully saturated rings. The minimum absolute atomic E-state index is 0.120. The van der Waals surface area contributed by atoms with Gasteiger partial charge in [-0.25, -0.2) is 0 Å². The zero-order valence-corrected chi connectivity index (χ0v) is 9.79. The summed E-state index contributed by atoms with van der Waals surface area (Å²) in [6, 6.07) is 5.10. The fraction of sp³-hybridized carbons (Fsp3) is 0.333. The highest BCUT2D eigenvalue weighted by atomic mass is 35.5. The van der Waals surface area contributed by atoms with Gasteiger partial charge in [-0.15, -0.1) is 0 Å². The van der Waals surface area contributed by atoms with Crippen molar-refractivity contribution in [3.05, 3.63) is 22.7 Å². The molecule has 0 spiro atoms. The lowest BCUT2D eigenvalue weighted by atomic mass is 10.1. The van der Waals surface area contributed by atoms with Crippen molar-refractivity contribution in [2.75, 3.05) is 13.2 Å². The second-order valence-electron chi connectivity index (χ2n) is 3.56. The van der Waals surface area contributed by atoms with Gasteiger partial charge in [0, 0.05) is 18.4 Å². The summed E-state index contributed by atoms with van der Waals surface area (Å²) in [6.07, 6.45) is 0.386. The van der Waals surface area contributed by atoms with E-state index < -0.39 is 0 Å². The van der Waals surface area contributed by atoms with E-state index in [0.29, 0.717) is 35.3 Å². The Labute approximate surface area is 104 Å². The molecule has 0 amide bonds. The maximum absolute atomic E-state index is 11.7. The van der Waals surface area contributed by atoms with Crippen LogP contribution in [-0.2, 0) is 0 Å². The van der Waals surface area contributed by atoms with Gasteiger partial charge in [-0.1, -0.05) is 11.6 Å². The molecular weight excluding hydrogens is 242 g/mol. The molecule has 4 nitrogen and oxygen atoms in total. The Bertz CT molecular complexity index is 493. The quantitative estimate of drug-likeness (QED) is 0.775. The molecule has 1 aliphatic heterocycles. The second-order valence-corrected chi connectivity index (χ2v) is 3.97. The molecule has 0 bridgehead atoms. The van der Waals surface area contributed by atoms with Gasteiger partial charge in [-0.3, -0.25) is 4.79 Å². The van der Waals surface area contributed by atoms with Gasteiger partial charge in [0.1, 0.15) is 13.2 Å². The number of fused-ring (bicyclic) bond motifs is 1. The first-order chi connectivity index (χ1) is 8.22. The first kappa shape index (κ1) is 11.7. The van der Waals surface area contributed by atoms with Crippen LogP contribution in [0.2, 0.25) is 5.02 Å². The van der Waals surface area contributed by atoms with Crippen molar-refractivity contribution in [3.8, 4) is 17.6 Å². The van der Waals surface area contributed by atoms with E-state index in [1.807, 2.05) is 6.07 Å². The molecule has 1 aliphatic rings. The maximum atomic E-state index is 11.7. The summed E-state index contributed by atoms with van der Waals surface area (Å²) in [5, 5.41) is 8.80. The molecule has 0 saturated carbocycles. The third-order valence-corrected chi connectivity index (χ3v) is 2.66. The van der Waals surface area contributed by atoms with Crippen LogP contribution < -0.4 is 9.47 Å². The Morgan fingerprint density at radius 1 is 1.41 bits per heavy atom. The Morgan fingerprint density at radius 2 is 2.18 bits per heavy atom. The number of ether oxygens (including phenoxy) is 2. The Morgan fingerprint density at radius 3 is 2.94 bits per heavy atom. The predicted molar refractivity (Wildman–Crippen MR) is 61.6 cm³/mol. The third kappa shape index (κ3) is 2.51. The van der Waals surface area contributed by atoms with Crippen molar-refractivity contribution in [1.82, 2.24) is 0 Å². The number of carbonyl (C=O) groups is 1. The molecule has 0 N–H and O–H groups in total. The number of hydrogen-bond donors (Lipinski definition) is 0. The lowest BCUT2D eigenvalue weighted by molar-refractivity contribution is 0.0983. The van der Waals surface area contributed by atoms with Crippen LogP contribution in [-0.4, -0.2) is 19.0 Å². The van der Waals surface area contributed by atoms with E-state index in [1.54, 1.807) is 12.1 Å². The van der Waals surface area contributed by atoms with Gasteiger partial charge in [0.2, 0.25) is 0 Å². The van der Waals surface area contributed by atoms with E-state index in [9.17, 15) is 4.79 Å². The summed E-state index contributed by atoms with van der Waals surface area (Å²) >= 11 is 6.00. The molecule has 5 heteroatoms. The molecule has 0 aromatic heterocycles. The SMILES string of the molecule is N#CCCC(=O)c1cc(Cl)c2c(c1)OCCO2. The van der Waals surface area contributed by atoms with E-state index in [4.69, 9.17) is 26.3 Å². The van der Waals surface area contributed by atoms with Gasteiger partial charge in [-0.2, -0.15) is 5.26 Å². The molecular formula is C12H10ClNO3. The number of carbonyl (C=O) groups excluding carboxylic acids is 1. The second kappa shape index (κ2) is 5.07. The van der Waals surface area contributed by atoms with Crippen LogP contribution in [0, 0.1) is 11.3 Å². The Balaban J connectivity index is 2.28. The number of nitrogens with zero attached hydrogens (tertiary/aromatic N) is 1. The van der Waals surface area contributed by atoms with Crippen molar-refractivity contribution in [2.24, 2.45) is 0 Å². The molecule has 88 valence electrons. The van der Waals surface area contributed by atoms with E-state index in [1.165, 1.54) is 0 Å². The first-order valence-corrected chi connectivity index (χ1v) is 5.59. The molecule has 0 radical (unpaired) electrons. The lowest BCUT2D eigenvalue weighted by Crippen LogP contribution is -2.16. The van der Waals surface area contributed by atoms with Crippen LogP contribution in [0.5, 0.6) is 11.5 Å². The highest BCUT2D eigenvalue weighted by molar-refractivity contribution is 6.32. The molecule has 1 aromatic rings. The summed E-state index contributed by atoms with van der Waals surface area (Å²) in [5.74, 6) is 0.851. The fourth-order valence-corrected chi connectivity index (χ4v) is 1.85. The van der Waals surface area contributed by atoms with Gasteiger partial charge >= 0.3 is 0 Å². The van der Waals surface area contributed by atoms with Gasteiger partial charge in [-0.05, 0) is 12.1 Å². The summed E-state index contributed by atoms with van der Waals surface area (Å²) < 4.78 is 10.7. The Hall–Kier alpha value is -1.73. The lowest BCUT2D eigenvalue weighted by Gasteiger charge is -2.19.